The summed E-state index contributed by atoms with van der Waals surface area (Å²) in [6.45, 7) is 4.32. The van der Waals surface area contributed by atoms with E-state index in [1.807, 2.05) is 18.2 Å². The summed E-state index contributed by atoms with van der Waals surface area (Å²) in [5.41, 5.74) is 3.13. The number of hydrogen-bond donors (Lipinski definition) is 1. The van der Waals surface area contributed by atoms with Gasteiger partial charge in [0, 0.05) is 48.4 Å². The average molecular weight is 422 g/mol. The third-order valence-corrected chi connectivity index (χ3v) is 7.10. The summed E-state index contributed by atoms with van der Waals surface area (Å²) in [7, 11) is -3.55. The second-order valence-electron chi connectivity index (χ2n) is 6.30. The summed E-state index contributed by atoms with van der Waals surface area (Å²) < 4.78 is 28.6. The standard InChI is InChI=1S/C18H20BrN3O2S/c19-14-3-1-4-15(13-14)25(23,24)22-10-7-16-17(5-2-6-18(16)22)21-11-8-20-9-12-21/h1-6,13,20H,7-12H2. The van der Waals surface area contributed by atoms with Crippen LogP contribution < -0.4 is 14.5 Å². The van der Waals surface area contributed by atoms with Crippen LogP contribution in [0.25, 0.3) is 0 Å². The van der Waals surface area contributed by atoms with E-state index < -0.39 is 10.0 Å². The molecule has 0 saturated carbocycles. The number of piperazine rings is 1. The lowest BCUT2D eigenvalue weighted by Gasteiger charge is -2.31. The maximum Gasteiger partial charge on any atom is 0.264 e. The molecular formula is C18H20BrN3O2S. The molecule has 4 rings (SSSR count). The lowest BCUT2D eigenvalue weighted by molar-refractivity contribution is 0.588. The summed E-state index contributed by atoms with van der Waals surface area (Å²) >= 11 is 3.36. The van der Waals surface area contributed by atoms with E-state index in [9.17, 15) is 8.42 Å². The molecule has 0 unspecified atom stereocenters. The molecule has 7 heteroatoms. The fraction of sp³-hybridized carbons (Fsp3) is 0.333. The Bertz CT molecular complexity index is 895. The molecule has 2 aromatic carbocycles. The minimum atomic E-state index is -3.55. The van der Waals surface area contributed by atoms with Gasteiger partial charge in [-0.3, -0.25) is 4.31 Å². The van der Waals surface area contributed by atoms with Crippen molar-refractivity contribution in [1.82, 2.24) is 5.32 Å². The molecule has 0 amide bonds. The fourth-order valence-corrected chi connectivity index (χ4v) is 5.69. The molecular weight excluding hydrogens is 402 g/mol. The Balaban J connectivity index is 1.72. The van der Waals surface area contributed by atoms with Gasteiger partial charge in [0.05, 0.1) is 10.6 Å². The Morgan fingerprint density at radius 2 is 1.68 bits per heavy atom. The van der Waals surface area contributed by atoms with E-state index in [1.165, 1.54) is 5.69 Å². The van der Waals surface area contributed by atoms with E-state index >= 15 is 0 Å². The molecule has 1 fully saturated rings. The van der Waals surface area contributed by atoms with Gasteiger partial charge in [0.2, 0.25) is 0 Å². The first-order valence-corrected chi connectivity index (χ1v) is 10.7. The Hall–Kier alpha value is -1.57. The topological polar surface area (TPSA) is 52.7 Å². The molecule has 5 nitrogen and oxygen atoms in total. The smallest absolute Gasteiger partial charge is 0.264 e. The summed E-state index contributed by atoms with van der Waals surface area (Å²) in [5, 5.41) is 3.36. The Labute approximate surface area is 156 Å². The molecule has 0 aromatic heterocycles. The van der Waals surface area contributed by atoms with Gasteiger partial charge >= 0.3 is 0 Å². The van der Waals surface area contributed by atoms with Gasteiger partial charge in [-0.05, 0) is 36.8 Å². The Kier molecular flexibility index (Phi) is 4.47. The third-order valence-electron chi connectivity index (χ3n) is 4.80. The summed E-state index contributed by atoms with van der Waals surface area (Å²) in [6, 6.07) is 12.9. The van der Waals surface area contributed by atoms with Gasteiger partial charge < -0.3 is 10.2 Å². The normalized spacial score (nSPS) is 17.6. The molecule has 0 atom stereocenters. The first kappa shape index (κ1) is 16.9. The highest BCUT2D eigenvalue weighted by atomic mass is 79.9. The molecule has 2 aromatic rings. The van der Waals surface area contributed by atoms with Crippen LogP contribution in [-0.2, 0) is 16.4 Å². The zero-order chi connectivity index (χ0) is 17.4. The monoisotopic (exact) mass is 421 g/mol. The SMILES string of the molecule is O=S(=O)(c1cccc(Br)c1)N1CCc2c(N3CCNCC3)cccc21. The first-order valence-electron chi connectivity index (χ1n) is 8.43. The van der Waals surface area contributed by atoms with Gasteiger partial charge in [-0.1, -0.05) is 28.1 Å². The summed E-state index contributed by atoms with van der Waals surface area (Å²) in [5.74, 6) is 0. The zero-order valence-electron chi connectivity index (χ0n) is 13.8. The van der Waals surface area contributed by atoms with Crippen LogP contribution in [0.15, 0.2) is 51.8 Å². The van der Waals surface area contributed by atoms with E-state index in [-0.39, 0.29) is 0 Å². The molecule has 25 heavy (non-hydrogen) atoms. The van der Waals surface area contributed by atoms with Crippen molar-refractivity contribution in [2.45, 2.75) is 11.3 Å². The largest absolute Gasteiger partial charge is 0.369 e. The van der Waals surface area contributed by atoms with Crippen LogP contribution in [0.2, 0.25) is 0 Å². The molecule has 0 bridgehead atoms. The van der Waals surface area contributed by atoms with Crippen LogP contribution >= 0.6 is 15.9 Å². The molecule has 0 radical (unpaired) electrons. The summed E-state index contributed by atoms with van der Waals surface area (Å²) in [4.78, 5) is 2.67. The molecule has 0 spiro atoms. The highest BCUT2D eigenvalue weighted by Crippen LogP contribution is 2.38. The fourth-order valence-electron chi connectivity index (χ4n) is 3.59. The molecule has 1 N–H and O–H groups in total. The quantitative estimate of drug-likeness (QED) is 0.827. The van der Waals surface area contributed by atoms with Crippen LogP contribution in [0.5, 0.6) is 0 Å². The lowest BCUT2D eigenvalue weighted by Crippen LogP contribution is -2.43. The maximum atomic E-state index is 13.1. The van der Waals surface area contributed by atoms with Gasteiger partial charge in [-0.2, -0.15) is 0 Å². The van der Waals surface area contributed by atoms with E-state index in [0.29, 0.717) is 11.4 Å². The highest BCUT2D eigenvalue weighted by molar-refractivity contribution is 9.10. The molecule has 0 aliphatic carbocycles. The number of sulfonamides is 1. The predicted molar refractivity (Wildman–Crippen MR) is 104 cm³/mol. The molecule has 1 saturated heterocycles. The number of hydrogen-bond acceptors (Lipinski definition) is 4. The van der Waals surface area contributed by atoms with Crippen molar-refractivity contribution in [3.05, 3.63) is 52.5 Å². The van der Waals surface area contributed by atoms with Crippen LogP contribution in [0.1, 0.15) is 5.56 Å². The minimum Gasteiger partial charge on any atom is -0.369 e. The van der Waals surface area contributed by atoms with Gasteiger partial charge in [0.15, 0.2) is 0 Å². The second kappa shape index (κ2) is 6.63. The van der Waals surface area contributed by atoms with E-state index in [2.05, 4.69) is 32.2 Å². The number of fused-ring (bicyclic) bond motifs is 1. The van der Waals surface area contributed by atoms with Crippen molar-refractivity contribution in [1.29, 1.82) is 0 Å². The average Bonchev–Trinajstić information content (AvgIpc) is 3.07. The number of nitrogens with one attached hydrogen (secondary N) is 1. The number of nitrogens with zero attached hydrogens (tertiary/aromatic N) is 2. The number of benzene rings is 2. The zero-order valence-corrected chi connectivity index (χ0v) is 16.2. The van der Waals surface area contributed by atoms with Crippen molar-refractivity contribution in [2.75, 3.05) is 41.9 Å². The van der Waals surface area contributed by atoms with Crippen LogP contribution in [-0.4, -0.2) is 41.1 Å². The number of anilines is 2. The van der Waals surface area contributed by atoms with Gasteiger partial charge in [-0.25, -0.2) is 8.42 Å². The lowest BCUT2D eigenvalue weighted by atomic mass is 10.1. The van der Waals surface area contributed by atoms with Gasteiger partial charge in [0.25, 0.3) is 10.0 Å². The second-order valence-corrected chi connectivity index (χ2v) is 9.07. The van der Waals surface area contributed by atoms with Crippen molar-refractivity contribution in [3.63, 3.8) is 0 Å². The maximum absolute atomic E-state index is 13.1. The van der Waals surface area contributed by atoms with E-state index in [1.54, 1.807) is 22.5 Å². The molecule has 2 aliphatic rings. The first-order chi connectivity index (χ1) is 12.1. The Morgan fingerprint density at radius 1 is 0.960 bits per heavy atom. The van der Waals surface area contributed by atoms with Crippen LogP contribution in [0.3, 0.4) is 0 Å². The van der Waals surface area contributed by atoms with E-state index in [4.69, 9.17) is 0 Å². The van der Waals surface area contributed by atoms with E-state index in [0.717, 1.165) is 48.3 Å². The van der Waals surface area contributed by atoms with Crippen molar-refractivity contribution in [2.24, 2.45) is 0 Å². The predicted octanol–water partition coefficient (Wildman–Crippen LogP) is 2.61. The minimum absolute atomic E-state index is 0.322. The molecule has 2 heterocycles. The number of halogens is 1. The van der Waals surface area contributed by atoms with Crippen LogP contribution in [0, 0.1) is 0 Å². The van der Waals surface area contributed by atoms with Crippen LogP contribution in [0.4, 0.5) is 11.4 Å². The highest BCUT2D eigenvalue weighted by Gasteiger charge is 2.33. The van der Waals surface area contributed by atoms with Crippen molar-refractivity contribution < 1.29 is 8.42 Å². The van der Waals surface area contributed by atoms with Crippen molar-refractivity contribution in [3.8, 4) is 0 Å². The number of rotatable bonds is 3. The van der Waals surface area contributed by atoms with Crippen molar-refractivity contribution >= 4 is 37.3 Å². The Morgan fingerprint density at radius 3 is 2.44 bits per heavy atom. The van der Waals surface area contributed by atoms with Gasteiger partial charge in [-0.15, -0.1) is 0 Å². The summed E-state index contributed by atoms with van der Waals surface area (Å²) in [6.07, 6.45) is 0.753. The third kappa shape index (κ3) is 3.05. The molecule has 2 aliphatic heterocycles. The van der Waals surface area contributed by atoms with Gasteiger partial charge in [0.1, 0.15) is 0 Å². The molecule has 132 valence electrons.